The van der Waals surface area contributed by atoms with Gasteiger partial charge in [-0.15, -0.1) is 0 Å². The zero-order valence-corrected chi connectivity index (χ0v) is 10.3. The van der Waals surface area contributed by atoms with E-state index in [1.807, 2.05) is 0 Å². The minimum atomic E-state index is -0.699. The zero-order valence-electron chi connectivity index (χ0n) is 10.3. The predicted octanol–water partition coefficient (Wildman–Crippen LogP) is 1.50. The van der Waals surface area contributed by atoms with Crippen LogP contribution < -0.4 is 4.74 Å². The van der Waals surface area contributed by atoms with Crippen LogP contribution >= 0.6 is 0 Å². The second kappa shape index (κ2) is 6.13. The third-order valence-corrected chi connectivity index (χ3v) is 2.87. The Labute approximate surface area is 105 Å². The van der Waals surface area contributed by atoms with E-state index in [9.17, 15) is 9.50 Å². The number of aliphatic hydroxyl groups is 1. The molecule has 100 valence electrons. The van der Waals surface area contributed by atoms with Crippen LogP contribution in [-0.4, -0.2) is 37.8 Å². The average Bonchev–Trinajstić information content (AvgIpc) is 2.84. The van der Waals surface area contributed by atoms with E-state index >= 15 is 0 Å². The molecule has 2 rings (SSSR count). The third kappa shape index (κ3) is 3.19. The van der Waals surface area contributed by atoms with Crippen LogP contribution in [0.1, 0.15) is 12.0 Å². The lowest BCUT2D eigenvalue weighted by Crippen LogP contribution is -2.21. The second-order valence-electron chi connectivity index (χ2n) is 4.20. The molecule has 0 aromatic heterocycles. The van der Waals surface area contributed by atoms with Crippen molar-refractivity contribution in [3.63, 3.8) is 0 Å². The number of rotatable bonds is 5. The molecule has 5 heteroatoms. The van der Waals surface area contributed by atoms with Gasteiger partial charge in [0.15, 0.2) is 17.9 Å². The Morgan fingerprint density at radius 2 is 2.17 bits per heavy atom. The molecular formula is C13H17FO4. The van der Waals surface area contributed by atoms with Gasteiger partial charge in [0.25, 0.3) is 0 Å². The minimum Gasteiger partial charge on any atom is -0.494 e. The van der Waals surface area contributed by atoms with Gasteiger partial charge in [0.1, 0.15) is 0 Å². The summed E-state index contributed by atoms with van der Waals surface area (Å²) in [5.74, 6) is -0.236. The van der Waals surface area contributed by atoms with Gasteiger partial charge in [0.05, 0.1) is 26.4 Å². The van der Waals surface area contributed by atoms with Crippen molar-refractivity contribution in [2.45, 2.75) is 25.2 Å². The molecule has 1 atom stereocenters. The van der Waals surface area contributed by atoms with Crippen molar-refractivity contribution in [3.05, 3.63) is 29.6 Å². The van der Waals surface area contributed by atoms with Crippen LogP contribution in [-0.2, 0) is 15.9 Å². The lowest BCUT2D eigenvalue weighted by atomic mass is 10.0. The molecule has 0 spiro atoms. The Morgan fingerprint density at radius 3 is 2.83 bits per heavy atom. The molecule has 0 bridgehead atoms. The molecule has 1 saturated heterocycles. The van der Waals surface area contributed by atoms with Crippen molar-refractivity contribution in [1.29, 1.82) is 0 Å². The first kappa shape index (κ1) is 13.3. The first-order chi connectivity index (χ1) is 8.70. The quantitative estimate of drug-likeness (QED) is 0.867. The molecule has 4 nitrogen and oxygen atoms in total. The summed E-state index contributed by atoms with van der Waals surface area (Å²) >= 11 is 0. The Balaban J connectivity index is 1.95. The number of halogens is 1. The monoisotopic (exact) mass is 256 g/mol. The van der Waals surface area contributed by atoms with Crippen molar-refractivity contribution in [2.24, 2.45) is 0 Å². The first-order valence-corrected chi connectivity index (χ1v) is 5.93. The summed E-state index contributed by atoms with van der Waals surface area (Å²) in [6.07, 6.45) is -0.522. The zero-order chi connectivity index (χ0) is 13.0. The largest absolute Gasteiger partial charge is 0.494 e. The SMILES string of the molecule is COc1cccc(CC(O)CC2OCCO2)c1F. The highest BCUT2D eigenvalue weighted by Gasteiger charge is 2.21. The van der Waals surface area contributed by atoms with Crippen molar-refractivity contribution in [3.8, 4) is 5.75 Å². The maximum Gasteiger partial charge on any atom is 0.168 e. The van der Waals surface area contributed by atoms with E-state index in [0.29, 0.717) is 25.2 Å². The molecule has 0 radical (unpaired) electrons. The minimum absolute atomic E-state index is 0.188. The van der Waals surface area contributed by atoms with Gasteiger partial charge in [-0.2, -0.15) is 0 Å². The summed E-state index contributed by atoms with van der Waals surface area (Å²) in [5, 5.41) is 9.88. The van der Waals surface area contributed by atoms with Crippen LogP contribution in [0.15, 0.2) is 18.2 Å². The molecule has 1 unspecified atom stereocenters. The Kier molecular flexibility index (Phi) is 4.52. The van der Waals surface area contributed by atoms with E-state index in [1.54, 1.807) is 18.2 Å². The number of hydrogen-bond acceptors (Lipinski definition) is 4. The Hall–Kier alpha value is -1.17. The summed E-state index contributed by atoms with van der Waals surface area (Å²) in [5.41, 5.74) is 0.430. The summed E-state index contributed by atoms with van der Waals surface area (Å²) in [6, 6.07) is 4.89. The van der Waals surface area contributed by atoms with E-state index in [0.717, 1.165) is 0 Å². The number of methoxy groups -OCH3 is 1. The van der Waals surface area contributed by atoms with Crippen LogP contribution in [0.4, 0.5) is 4.39 Å². The lowest BCUT2D eigenvalue weighted by molar-refractivity contribution is -0.0699. The highest BCUT2D eigenvalue weighted by molar-refractivity contribution is 5.31. The first-order valence-electron chi connectivity index (χ1n) is 5.93. The van der Waals surface area contributed by atoms with Gasteiger partial charge >= 0.3 is 0 Å². The normalized spacial score (nSPS) is 17.9. The van der Waals surface area contributed by atoms with Crippen LogP contribution in [0.2, 0.25) is 0 Å². The standard InChI is InChI=1S/C13H17FO4/c1-16-11-4-2-3-9(13(11)14)7-10(15)8-12-17-5-6-18-12/h2-4,10,12,15H,5-8H2,1H3. The fourth-order valence-electron chi connectivity index (χ4n) is 1.97. The molecule has 18 heavy (non-hydrogen) atoms. The molecule has 1 aliphatic heterocycles. The van der Waals surface area contributed by atoms with Crippen LogP contribution in [0.3, 0.4) is 0 Å². The lowest BCUT2D eigenvalue weighted by Gasteiger charge is -2.15. The highest BCUT2D eigenvalue weighted by atomic mass is 19.1. The van der Waals surface area contributed by atoms with Crippen LogP contribution in [0.5, 0.6) is 5.75 Å². The van der Waals surface area contributed by atoms with E-state index in [4.69, 9.17) is 14.2 Å². The summed E-state index contributed by atoms with van der Waals surface area (Å²) < 4.78 is 29.2. The Bertz CT molecular complexity index is 391. The third-order valence-electron chi connectivity index (χ3n) is 2.87. The molecule has 1 heterocycles. The maximum atomic E-state index is 13.8. The summed E-state index contributed by atoms with van der Waals surface area (Å²) in [7, 11) is 1.42. The molecule has 1 N–H and O–H groups in total. The molecule has 1 aromatic carbocycles. The topological polar surface area (TPSA) is 47.9 Å². The van der Waals surface area contributed by atoms with E-state index < -0.39 is 11.9 Å². The average molecular weight is 256 g/mol. The predicted molar refractivity (Wildman–Crippen MR) is 63.0 cm³/mol. The van der Waals surface area contributed by atoms with Crippen molar-refractivity contribution in [2.75, 3.05) is 20.3 Å². The molecule has 1 fully saturated rings. The number of aliphatic hydroxyl groups excluding tert-OH is 1. The van der Waals surface area contributed by atoms with E-state index in [-0.39, 0.29) is 18.5 Å². The highest BCUT2D eigenvalue weighted by Crippen LogP contribution is 2.22. The molecule has 1 aliphatic rings. The molecule has 0 aliphatic carbocycles. The number of benzene rings is 1. The Morgan fingerprint density at radius 1 is 1.44 bits per heavy atom. The smallest absolute Gasteiger partial charge is 0.168 e. The van der Waals surface area contributed by atoms with Crippen LogP contribution in [0.25, 0.3) is 0 Å². The van der Waals surface area contributed by atoms with Crippen LogP contribution in [0, 0.1) is 5.82 Å². The van der Waals surface area contributed by atoms with Crippen molar-refractivity contribution in [1.82, 2.24) is 0 Å². The summed E-state index contributed by atoms with van der Waals surface area (Å²) in [6.45, 7) is 1.09. The van der Waals surface area contributed by atoms with Gasteiger partial charge in [0, 0.05) is 12.8 Å². The van der Waals surface area contributed by atoms with Gasteiger partial charge in [-0.05, 0) is 11.6 Å². The van der Waals surface area contributed by atoms with Gasteiger partial charge < -0.3 is 19.3 Å². The van der Waals surface area contributed by atoms with Gasteiger partial charge in [0.2, 0.25) is 0 Å². The molecular weight excluding hydrogens is 239 g/mol. The second-order valence-corrected chi connectivity index (χ2v) is 4.20. The van der Waals surface area contributed by atoms with Gasteiger partial charge in [-0.3, -0.25) is 0 Å². The van der Waals surface area contributed by atoms with E-state index in [2.05, 4.69) is 0 Å². The number of ether oxygens (including phenoxy) is 3. The molecule has 1 aromatic rings. The van der Waals surface area contributed by atoms with E-state index in [1.165, 1.54) is 7.11 Å². The van der Waals surface area contributed by atoms with Gasteiger partial charge in [-0.25, -0.2) is 4.39 Å². The van der Waals surface area contributed by atoms with Gasteiger partial charge in [-0.1, -0.05) is 12.1 Å². The molecule has 0 saturated carbocycles. The maximum absolute atomic E-state index is 13.8. The van der Waals surface area contributed by atoms with Crippen molar-refractivity contribution < 1.29 is 23.7 Å². The fraction of sp³-hybridized carbons (Fsp3) is 0.538. The molecule has 0 amide bonds. The fourth-order valence-corrected chi connectivity index (χ4v) is 1.97. The number of hydrogen-bond donors (Lipinski definition) is 1. The van der Waals surface area contributed by atoms with Crippen molar-refractivity contribution >= 4 is 0 Å². The summed E-state index contributed by atoms with van der Waals surface area (Å²) in [4.78, 5) is 0.